The molecular weight excluding hydrogens is 236 g/mol. The summed E-state index contributed by atoms with van der Waals surface area (Å²) < 4.78 is 0. The number of hydrogen-bond acceptors (Lipinski definition) is 2. The summed E-state index contributed by atoms with van der Waals surface area (Å²) in [5.74, 6) is -0.500. The van der Waals surface area contributed by atoms with Crippen LogP contribution in [0.5, 0.6) is 0 Å². The number of rotatable bonds is 6. The van der Waals surface area contributed by atoms with Crippen LogP contribution in [-0.4, -0.2) is 11.9 Å². The Bertz CT molecular complexity index is 393. The molecule has 4 heteroatoms. The Kier molecular flexibility index (Phi) is 5.29. The number of halogens is 1. The molecule has 17 heavy (non-hydrogen) atoms. The van der Waals surface area contributed by atoms with Crippen molar-refractivity contribution in [3.63, 3.8) is 0 Å². The SMILES string of the molecule is CCCCC(C)Nc1ccc(Cl)c(C(N)=O)c1. The Morgan fingerprint density at radius 2 is 2.24 bits per heavy atom. The largest absolute Gasteiger partial charge is 0.383 e. The van der Waals surface area contributed by atoms with Crippen LogP contribution in [0.2, 0.25) is 5.02 Å². The number of primary amides is 1. The summed E-state index contributed by atoms with van der Waals surface area (Å²) >= 11 is 5.88. The van der Waals surface area contributed by atoms with Crippen LogP contribution < -0.4 is 11.1 Å². The van der Waals surface area contributed by atoms with E-state index in [2.05, 4.69) is 19.2 Å². The topological polar surface area (TPSA) is 55.1 Å². The second-order valence-corrected chi connectivity index (χ2v) is 4.65. The molecule has 0 bridgehead atoms. The summed E-state index contributed by atoms with van der Waals surface area (Å²) in [4.78, 5) is 11.1. The molecule has 94 valence electrons. The molecule has 1 atom stereocenters. The molecule has 1 aromatic carbocycles. The molecule has 0 aliphatic rings. The van der Waals surface area contributed by atoms with Crippen molar-refractivity contribution in [3.8, 4) is 0 Å². The van der Waals surface area contributed by atoms with E-state index in [1.807, 2.05) is 6.07 Å². The molecule has 0 heterocycles. The number of carbonyl (C=O) groups is 1. The van der Waals surface area contributed by atoms with E-state index >= 15 is 0 Å². The molecule has 0 saturated heterocycles. The van der Waals surface area contributed by atoms with E-state index < -0.39 is 5.91 Å². The van der Waals surface area contributed by atoms with Crippen LogP contribution in [0.3, 0.4) is 0 Å². The van der Waals surface area contributed by atoms with E-state index in [1.54, 1.807) is 12.1 Å². The highest BCUT2D eigenvalue weighted by molar-refractivity contribution is 6.33. The van der Waals surface area contributed by atoms with Crippen molar-refractivity contribution in [3.05, 3.63) is 28.8 Å². The van der Waals surface area contributed by atoms with Crippen molar-refractivity contribution < 1.29 is 4.79 Å². The van der Waals surface area contributed by atoms with Gasteiger partial charge in [-0.2, -0.15) is 0 Å². The maximum atomic E-state index is 11.1. The molecule has 1 amide bonds. The van der Waals surface area contributed by atoms with Crippen molar-refractivity contribution >= 4 is 23.2 Å². The number of carbonyl (C=O) groups excluding carboxylic acids is 1. The van der Waals surface area contributed by atoms with Gasteiger partial charge in [0.15, 0.2) is 0 Å². The fourth-order valence-corrected chi connectivity index (χ4v) is 1.88. The van der Waals surface area contributed by atoms with Gasteiger partial charge >= 0.3 is 0 Å². The van der Waals surface area contributed by atoms with Gasteiger partial charge in [0.25, 0.3) is 0 Å². The number of benzene rings is 1. The van der Waals surface area contributed by atoms with Gasteiger partial charge < -0.3 is 11.1 Å². The molecule has 0 aromatic heterocycles. The number of anilines is 1. The molecule has 0 aliphatic carbocycles. The van der Waals surface area contributed by atoms with Crippen molar-refractivity contribution in [1.82, 2.24) is 0 Å². The smallest absolute Gasteiger partial charge is 0.250 e. The van der Waals surface area contributed by atoms with Crippen LogP contribution in [0.4, 0.5) is 5.69 Å². The minimum atomic E-state index is -0.500. The Labute approximate surface area is 107 Å². The van der Waals surface area contributed by atoms with Crippen LogP contribution in [0.15, 0.2) is 18.2 Å². The Balaban J connectivity index is 2.72. The number of amides is 1. The average molecular weight is 255 g/mol. The fourth-order valence-electron chi connectivity index (χ4n) is 1.67. The first kappa shape index (κ1) is 13.8. The lowest BCUT2D eigenvalue weighted by Crippen LogP contribution is -2.16. The van der Waals surface area contributed by atoms with E-state index in [1.165, 1.54) is 12.8 Å². The van der Waals surface area contributed by atoms with Gasteiger partial charge in [-0.15, -0.1) is 0 Å². The highest BCUT2D eigenvalue weighted by Crippen LogP contribution is 2.21. The van der Waals surface area contributed by atoms with E-state index in [9.17, 15) is 4.79 Å². The zero-order valence-electron chi connectivity index (χ0n) is 10.3. The monoisotopic (exact) mass is 254 g/mol. The van der Waals surface area contributed by atoms with Gasteiger partial charge in [-0.25, -0.2) is 0 Å². The Morgan fingerprint density at radius 3 is 2.82 bits per heavy atom. The maximum Gasteiger partial charge on any atom is 0.250 e. The molecular formula is C13H19ClN2O. The minimum absolute atomic E-state index is 0.361. The lowest BCUT2D eigenvalue weighted by molar-refractivity contribution is 0.100. The van der Waals surface area contributed by atoms with Gasteiger partial charge in [0.1, 0.15) is 0 Å². The van der Waals surface area contributed by atoms with Crippen molar-refractivity contribution in [2.45, 2.75) is 39.2 Å². The summed E-state index contributed by atoms with van der Waals surface area (Å²) in [7, 11) is 0. The molecule has 3 N–H and O–H groups in total. The van der Waals surface area contributed by atoms with Crippen LogP contribution >= 0.6 is 11.6 Å². The quantitative estimate of drug-likeness (QED) is 0.817. The first-order valence-electron chi connectivity index (χ1n) is 5.90. The Morgan fingerprint density at radius 1 is 1.53 bits per heavy atom. The van der Waals surface area contributed by atoms with Gasteiger partial charge in [-0.3, -0.25) is 4.79 Å². The zero-order chi connectivity index (χ0) is 12.8. The second kappa shape index (κ2) is 6.50. The molecule has 1 unspecified atom stereocenters. The van der Waals surface area contributed by atoms with Gasteiger partial charge in [0, 0.05) is 11.7 Å². The number of hydrogen-bond donors (Lipinski definition) is 2. The highest BCUT2D eigenvalue weighted by atomic mass is 35.5. The average Bonchev–Trinajstić information content (AvgIpc) is 2.28. The van der Waals surface area contributed by atoms with Gasteiger partial charge in [-0.05, 0) is 31.5 Å². The van der Waals surface area contributed by atoms with Crippen LogP contribution in [0, 0.1) is 0 Å². The first-order valence-corrected chi connectivity index (χ1v) is 6.28. The normalized spacial score (nSPS) is 12.2. The van der Waals surface area contributed by atoms with E-state index in [0.29, 0.717) is 16.6 Å². The molecule has 1 rings (SSSR count). The third kappa shape index (κ3) is 4.27. The lowest BCUT2D eigenvalue weighted by atomic mass is 10.1. The summed E-state index contributed by atoms with van der Waals surface area (Å²) in [6, 6.07) is 5.62. The van der Waals surface area contributed by atoms with E-state index in [4.69, 9.17) is 17.3 Å². The highest BCUT2D eigenvalue weighted by Gasteiger charge is 2.08. The molecule has 1 aromatic rings. The van der Waals surface area contributed by atoms with Crippen molar-refractivity contribution in [2.75, 3.05) is 5.32 Å². The predicted molar refractivity (Wildman–Crippen MR) is 72.6 cm³/mol. The summed E-state index contributed by atoms with van der Waals surface area (Å²) in [5.41, 5.74) is 6.49. The van der Waals surface area contributed by atoms with Crippen molar-refractivity contribution in [1.29, 1.82) is 0 Å². The first-order chi connectivity index (χ1) is 8.04. The maximum absolute atomic E-state index is 11.1. The zero-order valence-corrected chi connectivity index (χ0v) is 11.1. The number of unbranched alkanes of at least 4 members (excludes halogenated alkanes) is 1. The van der Waals surface area contributed by atoms with Gasteiger partial charge in [0.05, 0.1) is 10.6 Å². The van der Waals surface area contributed by atoms with E-state index in [-0.39, 0.29) is 0 Å². The fraction of sp³-hybridized carbons (Fsp3) is 0.462. The van der Waals surface area contributed by atoms with Crippen molar-refractivity contribution in [2.24, 2.45) is 5.73 Å². The predicted octanol–water partition coefficient (Wildman–Crippen LogP) is 3.43. The van der Waals surface area contributed by atoms with Crippen LogP contribution in [-0.2, 0) is 0 Å². The van der Waals surface area contributed by atoms with Gasteiger partial charge in [-0.1, -0.05) is 31.4 Å². The second-order valence-electron chi connectivity index (χ2n) is 4.25. The Hall–Kier alpha value is -1.22. The molecule has 0 saturated carbocycles. The summed E-state index contributed by atoms with van der Waals surface area (Å²) in [6.07, 6.45) is 3.47. The summed E-state index contributed by atoms with van der Waals surface area (Å²) in [5, 5.41) is 3.73. The minimum Gasteiger partial charge on any atom is -0.383 e. The van der Waals surface area contributed by atoms with E-state index in [0.717, 1.165) is 12.1 Å². The molecule has 0 aliphatic heterocycles. The molecule has 0 radical (unpaired) electrons. The van der Waals surface area contributed by atoms with Crippen LogP contribution in [0.25, 0.3) is 0 Å². The standard InChI is InChI=1S/C13H19ClN2O/c1-3-4-5-9(2)16-10-6-7-12(14)11(8-10)13(15)17/h6-9,16H,3-5H2,1-2H3,(H2,15,17). The summed E-state index contributed by atoms with van der Waals surface area (Å²) in [6.45, 7) is 4.29. The third-order valence-corrected chi connectivity index (χ3v) is 2.97. The molecule has 0 spiro atoms. The number of nitrogens with one attached hydrogen (secondary N) is 1. The van der Waals surface area contributed by atoms with Gasteiger partial charge in [0.2, 0.25) is 5.91 Å². The molecule has 0 fully saturated rings. The third-order valence-electron chi connectivity index (χ3n) is 2.64. The number of nitrogens with two attached hydrogens (primary N) is 1. The molecule has 3 nitrogen and oxygen atoms in total. The van der Waals surface area contributed by atoms with Crippen LogP contribution in [0.1, 0.15) is 43.5 Å². The lowest BCUT2D eigenvalue weighted by Gasteiger charge is -2.15.